The first-order valence-electron chi connectivity index (χ1n) is 11.1. The van der Waals surface area contributed by atoms with Crippen molar-refractivity contribution >= 4 is 22.5 Å². The predicted octanol–water partition coefficient (Wildman–Crippen LogP) is 2.74. The van der Waals surface area contributed by atoms with Crippen LogP contribution in [0.3, 0.4) is 0 Å². The molecule has 3 aromatic rings. The molecule has 1 aromatic heterocycles. The average molecular weight is 434 g/mol. The number of H-pyrrole nitrogens is 1. The van der Waals surface area contributed by atoms with E-state index < -0.39 is 6.10 Å². The van der Waals surface area contributed by atoms with Gasteiger partial charge >= 0.3 is 0 Å². The van der Waals surface area contributed by atoms with E-state index in [1.807, 2.05) is 49.4 Å². The van der Waals surface area contributed by atoms with Crippen LogP contribution in [0.15, 0.2) is 47.3 Å². The van der Waals surface area contributed by atoms with Gasteiger partial charge in [-0.1, -0.05) is 18.2 Å². The average Bonchev–Trinajstić information content (AvgIpc) is 2.76. The quantitative estimate of drug-likeness (QED) is 0.588. The van der Waals surface area contributed by atoms with E-state index in [0.29, 0.717) is 37.2 Å². The second-order valence-electron chi connectivity index (χ2n) is 8.83. The minimum atomic E-state index is -0.670. The maximum absolute atomic E-state index is 12.5. The van der Waals surface area contributed by atoms with Crippen LogP contribution in [0.25, 0.3) is 10.9 Å². The first kappa shape index (κ1) is 20.7. The fourth-order valence-corrected chi connectivity index (χ4v) is 4.57. The molecule has 0 spiro atoms. The normalized spacial score (nSPS) is 21.2. The van der Waals surface area contributed by atoms with E-state index >= 15 is 0 Å². The Kier molecular flexibility index (Phi) is 5.45. The Labute approximate surface area is 186 Å². The van der Waals surface area contributed by atoms with Gasteiger partial charge in [0.2, 0.25) is 5.91 Å². The highest BCUT2D eigenvalue weighted by atomic mass is 16.5. The molecule has 1 saturated heterocycles. The molecule has 5 rings (SSSR count). The van der Waals surface area contributed by atoms with Gasteiger partial charge in [-0.25, -0.2) is 0 Å². The minimum absolute atomic E-state index is 0.0156. The number of nitrogens with one attached hydrogen (secondary N) is 2. The Morgan fingerprint density at radius 3 is 2.84 bits per heavy atom. The summed E-state index contributed by atoms with van der Waals surface area (Å²) < 4.78 is 6.06. The van der Waals surface area contributed by atoms with Crippen molar-refractivity contribution in [3.8, 4) is 5.75 Å². The van der Waals surface area contributed by atoms with Gasteiger partial charge in [-0.15, -0.1) is 0 Å². The van der Waals surface area contributed by atoms with Crippen LogP contribution in [0.2, 0.25) is 0 Å². The number of β-amino-alcohol motifs (C(OH)–C–C–N with tert-alkyl or cyclic N) is 1. The highest BCUT2D eigenvalue weighted by molar-refractivity contribution is 5.94. The van der Waals surface area contributed by atoms with Crippen LogP contribution < -0.4 is 15.6 Å². The summed E-state index contributed by atoms with van der Waals surface area (Å²) in [6.45, 7) is 3.62. The van der Waals surface area contributed by atoms with Crippen molar-refractivity contribution in [1.82, 2.24) is 9.88 Å². The maximum atomic E-state index is 12.5. The van der Waals surface area contributed by atoms with Crippen LogP contribution in [-0.2, 0) is 17.8 Å². The number of carbonyl (C=O) groups excluding carboxylic acids is 1. The molecule has 3 heterocycles. The Morgan fingerprint density at radius 1 is 1.12 bits per heavy atom. The van der Waals surface area contributed by atoms with E-state index in [1.54, 1.807) is 0 Å². The van der Waals surface area contributed by atoms with Gasteiger partial charge in [-0.2, -0.15) is 0 Å². The summed E-state index contributed by atoms with van der Waals surface area (Å²) in [5, 5.41) is 14.6. The molecule has 32 heavy (non-hydrogen) atoms. The molecule has 0 radical (unpaired) electrons. The fourth-order valence-electron chi connectivity index (χ4n) is 4.57. The molecular weight excluding hydrogens is 406 g/mol. The smallest absolute Gasteiger partial charge is 0.252 e. The maximum Gasteiger partial charge on any atom is 0.252 e. The molecule has 3 N–H and O–H groups in total. The summed E-state index contributed by atoms with van der Waals surface area (Å²) in [4.78, 5) is 29.3. The largest absolute Gasteiger partial charge is 0.488 e. The number of anilines is 1. The Morgan fingerprint density at radius 2 is 2.00 bits per heavy atom. The number of pyridine rings is 1. The van der Waals surface area contributed by atoms with Gasteiger partial charge in [0.1, 0.15) is 18.0 Å². The molecule has 166 valence electrons. The van der Waals surface area contributed by atoms with Crippen molar-refractivity contribution in [3.05, 3.63) is 69.5 Å². The number of aliphatic hydroxyl groups is 1. The van der Waals surface area contributed by atoms with Crippen molar-refractivity contribution in [1.29, 1.82) is 0 Å². The monoisotopic (exact) mass is 433 g/mol. The van der Waals surface area contributed by atoms with Crippen LogP contribution in [-0.4, -0.2) is 46.2 Å². The lowest BCUT2D eigenvalue weighted by Crippen LogP contribution is -2.49. The SMILES string of the molecule is Cc1ccc2cc(CN3CC[C@@H](Oc4ccc5c(c4)NC(=O)CC5)[C@H](O)C3)c(=O)[nH]c2c1. The van der Waals surface area contributed by atoms with Gasteiger partial charge in [0.15, 0.2) is 0 Å². The molecule has 1 amide bonds. The third kappa shape index (κ3) is 4.26. The Hall–Kier alpha value is -3.16. The molecule has 0 unspecified atom stereocenters. The van der Waals surface area contributed by atoms with E-state index in [1.165, 1.54) is 0 Å². The molecular formula is C25H27N3O4. The number of hydrogen-bond acceptors (Lipinski definition) is 5. The number of fused-ring (bicyclic) bond motifs is 2. The lowest BCUT2D eigenvalue weighted by atomic mass is 10.0. The molecule has 0 saturated carbocycles. The number of aromatic nitrogens is 1. The Balaban J connectivity index is 1.24. The van der Waals surface area contributed by atoms with E-state index in [9.17, 15) is 14.7 Å². The van der Waals surface area contributed by atoms with Crippen molar-refractivity contribution in [3.63, 3.8) is 0 Å². The molecule has 2 aromatic carbocycles. The van der Waals surface area contributed by atoms with Crippen LogP contribution in [0.4, 0.5) is 5.69 Å². The van der Waals surface area contributed by atoms with Crippen molar-refractivity contribution in [2.45, 2.75) is 44.9 Å². The van der Waals surface area contributed by atoms with Crippen LogP contribution in [0.1, 0.15) is 29.5 Å². The topological polar surface area (TPSA) is 94.7 Å². The van der Waals surface area contributed by atoms with E-state index in [2.05, 4.69) is 15.2 Å². The zero-order chi connectivity index (χ0) is 22.2. The number of aliphatic hydroxyl groups excluding tert-OH is 1. The summed E-state index contributed by atoms with van der Waals surface area (Å²) in [6, 6.07) is 13.7. The first-order chi connectivity index (χ1) is 15.4. The lowest BCUT2D eigenvalue weighted by molar-refractivity contribution is -0.116. The molecule has 1 fully saturated rings. The summed E-state index contributed by atoms with van der Waals surface area (Å²) in [6.07, 6.45) is 0.882. The van der Waals surface area contributed by atoms with Gasteiger partial charge in [0.05, 0.1) is 0 Å². The van der Waals surface area contributed by atoms with Crippen molar-refractivity contribution < 1.29 is 14.6 Å². The number of benzene rings is 2. The molecule has 0 bridgehead atoms. The molecule has 7 heteroatoms. The number of piperidine rings is 1. The number of rotatable bonds is 4. The van der Waals surface area contributed by atoms with Gasteiger partial charge in [0, 0.05) is 48.9 Å². The van der Waals surface area contributed by atoms with Crippen molar-refractivity contribution in [2.75, 3.05) is 18.4 Å². The molecule has 7 nitrogen and oxygen atoms in total. The number of ether oxygens (including phenoxy) is 1. The molecule has 2 atom stereocenters. The highest BCUT2D eigenvalue weighted by Crippen LogP contribution is 2.29. The summed E-state index contributed by atoms with van der Waals surface area (Å²) in [5.74, 6) is 0.659. The number of likely N-dealkylation sites (tertiary alicyclic amines) is 1. The number of hydrogen-bond donors (Lipinski definition) is 3. The highest BCUT2D eigenvalue weighted by Gasteiger charge is 2.30. The molecule has 0 aliphatic carbocycles. The lowest BCUT2D eigenvalue weighted by Gasteiger charge is -2.36. The number of aryl methyl sites for hydroxylation is 2. The zero-order valence-electron chi connectivity index (χ0n) is 18.1. The van der Waals surface area contributed by atoms with Crippen LogP contribution >= 0.6 is 0 Å². The van der Waals surface area contributed by atoms with E-state index in [4.69, 9.17) is 4.74 Å². The number of carbonyl (C=O) groups is 1. The third-order valence-electron chi connectivity index (χ3n) is 6.34. The number of aromatic amines is 1. The first-order valence-corrected chi connectivity index (χ1v) is 11.1. The van der Waals surface area contributed by atoms with Crippen LogP contribution in [0.5, 0.6) is 5.75 Å². The Bertz CT molecular complexity index is 1240. The summed E-state index contributed by atoms with van der Waals surface area (Å²) in [5.41, 5.74) is 4.43. The predicted molar refractivity (Wildman–Crippen MR) is 123 cm³/mol. The summed E-state index contributed by atoms with van der Waals surface area (Å²) >= 11 is 0. The van der Waals surface area contributed by atoms with Gasteiger partial charge in [-0.05, 0) is 54.5 Å². The van der Waals surface area contributed by atoms with Gasteiger partial charge in [-0.3, -0.25) is 14.5 Å². The number of amides is 1. The number of nitrogens with zero attached hydrogens (tertiary/aromatic N) is 1. The van der Waals surface area contributed by atoms with E-state index in [-0.39, 0.29) is 17.6 Å². The van der Waals surface area contributed by atoms with E-state index in [0.717, 1.165) is 40.7 Å². The van der Waals surface area contributed by atoms with Crippen molar-refractivity contribution in [2.24, 2.45) is 0 Å². The third-order valence-corrected chi connectivity index (χ3v) is 6.34. The standard InChI is InChI=1S/C25H27N3O4/c1-15-2-3-17-11-18(25(31)27-20(17)10-15)13-28-9-8-23(22(29)14-28)32-19-6-4-16-5-7-24(30)26-21(16)12-19/h2-4,6,10-12,22-23,29H,5,7-9,13-14H2,1H3,(H,26,30)(H,27,31)/t22-,23-/m1/s1. The fraction of sp³-hybridized carbons (Fsp3) is 0.360. The zero-order valence-corrected chi connectivity index (χ0v) is 18.1. The minimum Gasteiger partial charge on any atom is -0.488 e. The summed E-state index contributed by atoms with van der Waals surface area (Å²) in [7, 11) is 0. The van der Waals surface area contributed by atoms with Crippen LogP contribution in [0, 0.1) is 6.92 Å². The van der Waals surface area contributed by atoms with Gasteiger partial charge < -0.3 is 20.1 Å². The second kappa shape index (κ2) is 8.41. The molecule has 2 aliphatic heterocycles. The second-order valence-corrected chi connectivity index (χ2v) is 8.83. The van der Waals surface area contributed by atoms with Gasteiger partial charge in [0.25, 0.3) is 5.56 Å². The molecule has 2 aliphatic rings.